The van der Waals surface area contributed by atoms with Crippen molar-refractivity contribution in [3.8, 4) is 0 Å². The van der Waals surface area contributed by atoms with Gasteiger partial charge in [-0.05, 0) is 43.0 Å². The summed E-state index contributed by atoms with van der Waals surface area (Å²) in [6, 6.07) is 6.79. The van der Waals surface area contributed by atoms with Gasteiger partial charge in [0.25, 0.3) is 11.6 Å². The molecule has 0 unspecified atom stereocenters. The van der Waals surface area contributed by atoms with Gasteiger partial charge in [-0.15, -0.1) is 0 Å². The van der Waals surface area contributed by atoms with E-state index in [1.165, 1.54) is 35.2 Å². The van der Waals surface area contributed by atoms with Crippen LogP contribution in [0.5, 0.6) is 0 Å². The van der Waals surface area contributed by atoms with Crippen molar-refractivity contribution in [2.24, 2.45) is 0 Å². The zero-order chi connectivity index (χ0) is 17.4. The molecule has 124 valence electrons. The Morgan fingerprint density at radius 3 is 2.79 bits per heavy atom. The quantitative estimate of drug-likeness (QED) is 0.600. The molecule has 0 saturated carbocycles. The highest BCUT2D eigenvalue weighted by atomic mass is 35.5. The van der Waals surface area contributed by atoms with Crippen LogP contribution in [-0.4, -0.2) is 17.4 Å². The van der Waals surface area contributed by atoms with Crippen LogP contribution in [0.2, 0.25) is 5.02 Å². The van der Waals surface area contributed by atoms with Crippen LogP contribution in [0.15, 0.2) is 30.3 Å². The van der Waals surface area contributed by atoms with Gasteiger partial charge in [-0.25, -0.2) is 4.39 Å². The van der Waals surface area contributed by atoms with Gasteiger partial charge in [0.2, 0.25) is 0 Å². The van der Waals surface area contributed by atoms with Crippen molar-refractivity contribution in [1.29, 1.82) is 0 Å². The van der Waals surface area contributed by atoms with Crippen LogP contribution in [0, 0.1) is 22.9 Å². The minimum absolute atomic E-state index is 0.171. The number of carbonyl (C=O) groups excluding carboxylic acids is 1. The van der Waals surface area contributed by atoms with E-state index in [0.29, 0.717) is 35.5 Å². The van der Waals surface area contributed by atoms with Crippen molar-refractivity contribution in [2.45, 2.75) is 19.8 Å². The second-order valence-electron chi connectivity index (χ2n) is 5.67. The molecule has 0 radical (unpaired) electrons. The number of hydrogen-bond donors (Lipinski definition) is 0. The third kappa shape index (κ3) is 2.73. The van der Waals surface area contributed by atoms with Crippen molar-refractivity contribution in [3.05, 3.63) is 68.0 Å². The molecule has 2 aromatic rings. The number of anilines is 1. The average Bonchev–Trinajstić information content (AvgIpc) is 2.57. The highest BCUT2D eigenvalue weighted by molar-refractivity contribution is 6.32. The van der Waals surface area contributed by atoms with E-state index in [2.05, 4.69) is 0 Å². The molecule has 0 aliphatic carbocycles. The summed E-state index contributed by atoms with van der Waals surface area (Å²) >= 11 is 6.13. The van der Waals surface area contributed by atoms with Crippen LogP contribution in [-0.2, 0) is 6.42 Å². The monoisotopic (exact) mass is 348 g/mol. The van der Waals surface area contributed by atoms with Crippen molar-refractivity contribution >= 4 is 28.9 Å². The lowest BCUT2D eigenvalue weighted by Crippen LogP contribution is -2.36. The third-order valence-corrected chi connectivity index (χ3v) is 4.52. The van der Waals surface area contributed by atoms with Crippen LogP contribution < -0.4 is 4.90 Å². The van der Waals surface area contributed by atoms with Crippen LogP contribution in [0.25, 0.3) is 0 Å². The molecule has 0 atom stereocenters. The molecule has 2 aromatic carbocycles. The first-order valence-corrected chi connectivity index (χ1v) is 7.81. The van der Waals surface area contributed by atoms with Crippen LogP contribution >= 0.6 is 11.6 Å². The van der Waals surface area contributed by atoms with E-state index in [0.717, 1.165) is 0 Å². The van der Waals surface area contributed by atoms with Crippen molar-refractivity contribution in [1.82, 2.24) is 0 Å². The number of nitro benzene ring substituents is 1. The summed E-state index contributed by atoms with van der Waals surface area (Å²) in [5.41, 5.74) is 1.38. The van der Waals surface area contributed by atoms with Gasteiger partial charge in [-0.2, -0.15) is 0 Å². The Kier molecular flexibility index (Phi) is 4.24. The number of nitro groups is 1. The molecule has 3 rings (SSSR count). The number of fused-ring (bicyclic) bond motifs is 1. The molecule has 1 amide bonds. The lowest BCUT2D eigenvalue weighted by Gasteiger charge is -2.30. The van der Waals surface area contributed by atoms with Gasteiger partial charge >= 0.3 is 0 Å². The number of aryl methyl sites for hydroxylation is 1. The van der Waals surface area contributed by atoms with Gasteiger partial charge in [0.15, 0.2) is 0 Å². The van der Waals surface area contributed by atoms with Crippen molar-refractivity contribution in [2.75, 3.05) is 11.4 Å². The van der Waals surface area contributed by atoms with Gasteiger partial charge in [0.05, 0.1) is 10.6 Å². The Hall–Kier alpha value is -2.47. The standard InChI is InChI=1S/C17H14ClFN2O3/c1-10-4-5-11(21(23)24)9-13(10)17(22)20-8-2-3-12-14(18)6-7-15(19)16(12)20/h4-7,9H,2-3,8H2,1H3. The molecule has 0 fully saturated rings. The smallest absolute Gasteiger partial charge is 0.270 e. The Morgan fingerprint density at radius 1 is 1.33 bits per heavy atom. The van der Waals surface area contributed by atoms with Gasteiger partial charge < -0.3 is 4.90 Å². The van der Waals surface area contributed by atoms with Crippen LogP contribution in [0.3, 0.4) is 0 Å². The largest absolute Gasteiger partial charge is 0.305 e. The number of rotatable bonds is 2. The molecule has 7 heteroatoms. The third-order valence-electron chi connectivity index (χ3n) is 4.16. The Labute approximate surface area is 142 Å². The highest BCUT2D eigenvalue weighted by Crippen LogP contribution is 2.36. The predicted molar refractivity (Wildman–Crippen MR) is 89.2 cm³/mol. The molecule has 1 aliphatic rings. The lowest BCUT2D eigenvalue weighted by molar-refractivity contribution is -0.384. The number of amides is 1. The van der Waals surface area contributed by atoms with Crippen LogP contribution in [0.1, 0.15) is 27.9 Å². The fourth-order valence-corrected chi connectivity index (χ4v) is 3.19. The van der Waals surface area contributed by atoms with Gasteiger partial charge in [0, 0.05) is 29.3 Å². The summed E-state index contributed by atoms with van der Waals surface area (Å²) in [6.07, 6.45) is 1.24. The van der Waals surface area contributed by atoms with E-state index in [1.54, 1.807) is 6.92 Å². The minimum atomic E-state index is -0.558. The number of halogens is 2. The molecule has 1 aliphatic heterocycles. The number of benzene rings is 2. The summed E-state index contributed by atoms with van der Waals surface area (Å²) in [4.78, 5) is 24.6. The average molecular weight is 349 g/mol. The van der Waals surface area contributed by atoms with Gasteiger partial charge in [0.1, 0.15) is 5.82 Å². The van der Waals surface area contributed by atoms with E-state index >= 15 is 0 Å². The fourth-order valence-electron chi connectivity index (χ4n) is 2.94. The first-order valence-electron chi connectivity index (χ1n) is 7.44. The normalized spacial score (nSPS) is 13.5. The summed E-state index contributed by atoms with van der Waals surface area (Å²) in [7, 11) is 0. The number of carbonyl (C=O) groups is 1. The zero-order valence-electron chi connectivity index (χ0n) is 12.9. The second kappa shape index (κ2) is 6.20. The van der Waals surface area contributed by atoms with Gasteiger partial charge in [-0.1, -0.05) is 17.7 Å². The summed E-state index contributed by atoms with van der Waals surface area (Å²) in [5, 5.41) is 11.4. The van der Waals surface area contributed by atoms with E-state index in [1.807, 2.05) is 0 Å². The molecule has 0 spiro atoms. The minimum Gasteiger partial charge on any atom is -0.305 e. The molecule has 24 heavy (non-hydrogen) atoms. The number of hydrogen-bond acceptors (Lipinski definition) is 3. The fraction of sp³-hybridized carbons (Fsp3) is 0.235. The second-order valence-corrected chi connectivity index (χ2v) is 6.08. The summed E-state index contributed by atoms with van der Waals surface area (Å²) < 4.78 is 14.3. The highest BCUT2D eigenvalue weighted by Gasteiger charge is 2.29. The summed E-state index contributed by atoms with van der Waals surface area (Å²) in [5.74, 6) is -0.983. The van der Waals surface area contributed by atoms with Gasteiger partial charge in [-0.3, -0.25) is 14.9 Å². The first kappa shape index (κ1) is 16.4. The van der Waals surface area contributed by atoms with E-state index in [-0.39, 0.29) is 16.9 Å². The Bertz CT molecular complexity index is 854. The number of non-ortho nitro benzene ring substituents is 1. The SMILES string of the molecule is Cc1ccc([N+](=O)[O-])cc1C(=O)N1CCCc2c(Cl)ccc(F)c21. The number of nitrogens with zero attached hydrogens (tertiary/aromatic N) is 2. The molecule has 0 aromatic heterocycles. The molecular weight excluding hydrogens is 335 g/mol. The molecule has 0 N–H and O–H groups in total. The zero-order valence-corrected chi connectivity index (χ0v) is 13.6. The molecular formula is C17H14ClFN2O3. The van der Waals surface area contributed by atoms with Crippen LogP contribution in [0.4, 0.5) is 15.8 Å². The molecule has 0 bridgehead atoms. The van der Waals surface area contributed by atoms with E-state index in [9.17, 15) is 19.3 Å². The molecule has 5 nitrogen and oxygen atoms in total. The van der Waals surface area contributed by atoms with E-state index < -0.39 is 16.6 Å². The lowest BCUT2D eigenvalue weighted by atomic mass is 9.99. The summed E-state index contributed by atoms with van der Waals surface area (Å²) in [6.45, 7) is 2.03. The first-order chi connectivity index (χ1) is 11.4. The van der Waals surface area contributed by atoms with E-state index in [4.69, 9.17) is 11.6 Å². The topological polar surface area (TPSA) is 63.5 Å². The van der Waals surface area contributed by atoms with Crippen molar-refractivity contribution in [3.63, 3.8) is 0 Å². The maximum Gasteiger partial charge on any atom is 0.270 e. The predicted octanol–water partition coefficient (Wildman–Crippen LogP) is 4.29. The molecule has 0 saturated heterocycles. The van der Waals surface area contributed by atoms with Crippen molar-refractivity contribution < 1.29 is 14.1 Å². The Morgan fingerprint density at radius 2 is 2.08 bits per heavy atom. The maximum atomic E-state index is 14.3. The Balaban J connectivity index is 2.09. The molecule has 1 heterocycles. The maximum absolute atomic E-state index is 14.3.